The molecule has 1 unspecified atom stereocenters. The highest BCUT2D eigenvalue weighted by Crippen LogP contribution is 2.42. The molecule has 1 aliphatic heterocycles. The van der Waals surface area contributed by atoms with Crippen molar-refractivity contribution in [1.29, 1.82) is 0 Å². The zero-order valence-electron chi connectivity index (χ0n) is 13.5. The van der Waals surface area contributed by atoms with E-state index in [1.807, 2.05) is 12.1 Å². The number of hydrogen-bond donors (Lipinski definition) is 1. The van der Waals surface area contributed by atoms with Crippen LogP contribution in [0, 0.1) is 0 Å². The van der Waals surface area contributed by atoms with Crippen molar-refractivity contribution in [1.82, 2.24) is 4.90 Å². The fourth-order valence-electron chi connectivity index (χ4n) is 3.22. The third kappa shape index (κ3) is 3.69. The van der Waals surface area contributed by atoms with Gasteiger partial charge < -0.3 is 20.1 Å². The van der Waals surface area contributed by atoms with Crippen molar-refractivity contribution in [2.75, 3.05) is 40.9 Å². The van der Waals surface area contributed by atoms with Crippen LogP contribution in [0.3, 0.4) is 0 Å². The van der Waals surface area contributed by atoms with Gasteiger partial charge in [0.2, 0.25) is 0 Å². The number of benzene rings is 1. The minimum absolute atomic E-state index is 0.0358. The molecule has 0 amide bonds. The van der Waals surface area contributed by atoms with E-state index in [1.54, 1.807) is 7.11 Å². The number of rotatable bonds is 6. The highest BCUT2D eigenvalue weighted by Gasteiger charge is 2.34. The van der Waals surface area contributed by atoms with Gasteiger partial charge in [-0.1, -0.05) is 6.07 Å². The predicted octanol–water partition coefficient (Wildman–Crippen LogP) is 2.41. The van der Waals surface area contributed by atoms with Gasteiger partial charge in [0, 0.05) is 23.6 Å². The van der Waals surface area contributed by atoms with E-state index < -0.39 is 0 Å². The Bertz CT molecular complexity index is 462. The molecule has 0 radical (unpaired) electrons. The van der Waals surface area contributed by atoms with E-state index in [-0.39, 0.29) is 5.41 Å². The van der Waals surface area contributed by atoms with Crippen molar-refractivity contribution >= 4 is 0 Å². The minimum Gasteiger partial charge on any atom is -0.497 e. The first-order chi connectivity index (χ1) is 10.1. The van der Waals surface area contributed by atoms with Gasteiger partial charge in [-0.15, -0.1) is 0 Å². The summed E-state index contributed by atoms with van der Waals surface area (Å²) in [6.07, 6.45) is 4.40. The first-order valence-corrected chi connectivity index (χ1v) is 7.77. The Morgan fingerprint density at radius 2 is 2.19 bits per heavy atom. The third-order valence-electron chi connectivity index (χ3n) is 4.47. The lowest BCUT2D eigenvalue weighted by Crippen LogP contribution is -2.35. The number of fused-ring (bicyclic) bond motifs is 1. The summed E-state index contributed by atoms with van der Waals surface area (Å²) >= 11 is 0. The molecule has 0 spiro atoms. The SMILES string of the molecule is COc1ccc2c(c1)OCCCC2(CN)CCCN(C)C. The predicted molar refractivity (Wildman–Crippen MR) is 86.2 cm³/mol. The molecule has 118 valence electrons. The number of nitrogens with zero attached hydrogens (tertiary/aromatic N) is 1. The van der Waals surface area contributed by atoms with E-state index >= 15 is 0 Å². The first-order valence-electron chi connectivity index (χ1n) is 7.77. The Kier molecular flexibility index (Phi) is 5.48. The van der Waals surface area contributed by atoms with E-state index in [0.29, 0.717) is 6.54 Å². The standard InChI is InChI=1S/C17H28N2O2/c1-19(2)10-4-8-17(13-18)9-5-11-21-16-12-14(20-3)6-7-15(16)17/h6-7,12H,4-5,8-11,13,18H2,1-3H3. The maximum absolute atomic E-state index is 6.21. The molecule has 1 aromatic rings. The molecular weight excluding hydrogens is 264 g/mol. The van der Waals surface area contributed by atoms with Crippen LogP contribution in [0.1, 0.15) is 31.2 Å². The van der Waals surface area contributed by atoms with E-state index in [4.69, 9.17) is 15.2 Å². The second kappa shape index (κ2) is 7.14. The Morgan fingerprint density at radius 3 is 2.86 bits per heavy atom. The normalized spacial score (nSPS) is 21.6. The summed E-state index contributed by atoms with van der Waals surface area (Å²) in [7, 11) is 5.92. The second-order valence-electron chi connectivity index (χ2n) is 6.21. The molecule has 0 saturated carbocycles. The lowest BCUT2D eigenvalue weighted by Gasteiger charge is -2.33. The molecule has 0 aliphatic carbocycles. The molecule has 2 rings (SSSR count). The van der Waals surface area contributed by atoms with Crippen molar-refractivity contribution in [2.24, 2.45) is 5.73 Å². The summed E-state index contributed by atoms with van der Waals surface area (Å²) in [4.78, 5) is 2.23. The van der Waals surface area contributed by atoms with Gasteiger partial charge in [-0.25, -0.2) is 0 Å². The van der Waals surface area contributed by atoms with Gasteiger partial charge in [0.1, 0.15) is 11.5 Å². The fraction of sp³-hybridized carbons (Fsp3) is 0.647. The van der Waals surface area contributed by atoms with Gasteiger partial charge in [0.15, 0.2) is 0 Å². The van der Waals surface area contributed by atoms with Gasteiger partial charge in [-0.3, -0.25) is 0 Å². The van der Waals surface area contributed by atoms with E-state index in [1.165, 1.54) is 5.56 Å². The maximum Gasteiger partial charge on any atom is 0.126 e. The van der Waals surface area contributed by atoms with Crippen LogP contribution >= 0.6 is 0 Å². The summed E-state index contributed by atoms with van der Waals surface area (Å²) in [5.74, 6) is 1.79. The second-order valence-corrected chi connectivity index (χ2v) is 6.21. The van der Waals surface area contributed by atoms with E-state index in [0.717, 1.165) is 50.3 Å². The average Bonchev–Trinajstić information content (AvgIpc) is 2.66. The number of methoxy groups -OCH3 is 1. The molecule has 0 aromatic heterocycles. The molecule has 0 bridgehead atoms. The zero-order chi connectivity index (χ0) is 15.3. The Hall–Kier alpha value is -1.26. The molecule has 2 N–H and O–H groups in total. The summed E-state index contributed by atoms with van der Waals surface area (Å²) < 4.78 is 11.2. The number of ether oxygens (including phenoxy) is 2. The molecule has 0 saturated heterocycles. The molecule has 1 heterocycles. The average molecular weight is 292 g/mol. The molecule has 0 fully saturated rings. The molecule has 1 aromatic carbocycles. The number of nitrogens with two attached hydrogens (primary N) is 1. The smallest absolute Gasteiger partial charge is 0.126 e. The Labute approximate surface area is 128 Å². The molecular formula is C17H28N2O2. The Morgan fingerprint density at radius 1 is 1.38 bits per heavy atom. The minimum atomic E-state index is 0.0358. The largest absolute Gasteiger partial charge is 0.497 e. The van der Waals surface area contributed by atoms with Crippen LogP contribution < -0.4 is 15.2 Å². The molecule has 4 heteroatoms. The maximum atomic E-state index is 6.21. The van der Waals surface area contributed by atoms with Crippen LogP contribution in [-0.4, -0.2) is 45.8 Å². The van der Waals surface area contributed by atoms with Crippen molar-refractivity contribution in [3.8, 4) is 11.5 Å². The quantitative estimate of drug-likeness (QED) is 0.874. The van der Waals surface area contributed by atoms with Gasteiger partial charge in [0.25, 0.3) is 0 Å². The van der Waals surface area contributed by atoms with Gasteiger partial charge in [-0.05, 0) is 52.4 Å². The van der Waals surface area contributed by atoms with E-state index in [9.17, 15) is 0 Å². The van der Waals surface area contributed by atoms with Crippen molar-refractivity contribution in [2.45, 2.75) is 31.1 Å². The number of hydrogen-bond acceptors (Lipinski definition) is 4. The van der Waals surface area contributed by atoms with Crippen LogP contribution in [0.4, 0.5) is 0 Å². The molecule has 1 atom stereocenters. The van der Waals surface area contributed by atoms with E-state index in [2.05, 4.69) is 25.1 Å². The van der Waals surface area contributed by atoms with Crippen molar-refractivity contribution < 1.29 is 9.47 Å². The summed E-state index contributed by atoms with van der Waals surface area (Å²) in [6, 6.07) is 6.16. The Balaban J connectivity index is 2.28. The van der Waals surface area contributed by atoms with Crippen LogP contribution in [0.15, 0.2) is 18.2 Å². The van der Waals surface area contributed by atoms with Gasteiger partial charge in [-0.2, -0.15) is 0 Å². The zero-order valence-corrected chi connectivity index (χ0v) is 13.5. The van der Waals surface area contributed by atoms with Gasteiger partial charge >= 0.3 is 0 Å². The first kappa shape index (κ1) is 16.1. The van der Waals surface area contributed by atoms with Crippen LogP contribution in [-0.2, 0) is 5.41 Å². The fourth-order valence-corrected chi connectivity index (χ4v) is 3.22. The van der Waals surface area contributed by atoms with Gasteiger partial charge in [0.05, 0.1) is 13.7 Å². The topological polar surface area (TPSA) is 47.7 Å². The van der Waals surface area contributed by atoms with Crippen molar-refractivity contribution in [3.05, 3.63) is 23.8 Å². The molecule has 1 aliphatic rings. The molecule has 21 heavy (non-hydrogen) atoms. The third-order valence-corrected chi connectivity index (χ3v) is 4.47. The highest BCUT2D eigenvalue weighted by molar-refractivity contribution is 5.46. The lowest BCUT2D eigenvalue weighted by atomic mass is 9.73. The molecule has 4 nitrogen and oxygen atoms in total. The monoisotopic (exact) mass is 292 g/mol. The highest BCUT2D eigenvalue weighted by atomic mass is 16.5. The summed E-state index contributed by atoms with van der Waals surface area (Å²) in [6.45, 7) is 2.52. The summed E-state index contributed by atoms with van der Waals surface area (Å²) in [5.41, 5.74) is 7.50. The lowest BCUT2D eigenvalue weighted by molar-refractivity contribution is 0.300. The van der Waals surface area contributed by atoms with Crippen LogP contribution in [0.25, 0.3) is 0 Å². The van der Waals surface area contributed by atoms with Crippen molar-refractivity contribution in [3.63, 3.8) is 0 Å². The summed E-state index contributed by atoms with van der Waals surface area (Å²) in [5, 5.41) is 0. The van der Waals surface area contributed by atoms with Crippen LogP contribution in [0.5, 0.6) is 11.5 Å². The van der Waals surface area contributed by atoms with Crippen LogP contribution in [0.2, 0.25) is 0 Å².